The third-order valence-electron chi connectivity index (χ3n) is 5.61. The monoisotopic (exact) mass is 413 g/mol. The molecule has 0 aliphatic carbocycles. The van der Waals surface area contributed by atoms with Crippen LogP contribution in [0.3, 0.4) is 0 Å². The summed E-state index contributed by atoms with van der Waals surface area (Å²) in [7, 11) is 0. The van der Waals surface area contributed by atoms with Crippen molar-refractivity contribution in [1.82, 2.24) is 9.97 Å². The second-order valence-corrected chi connectivity index (χ2v) is 7.95. The maximum atomic E-state index is 10.6. The van der Waals surface area contributed by atoms with Crippen LogP contribution in [0.1, 0.15) is 67.7 Å². The molecule has 1 N–H and O–H groups in total. The van der Waals surface area contributed by atoms with Crippen LogP contribution in [0.15, 0.2) is 48.5 Å². The highest BCUT2D eigenvalue weighted by Crippen LogP contribution is 2.25. The lowest BCUT2D eigenvalue weighted by molar-refractivity contribution is 0.437. The SMILES string of the molecule is CCCCc1nc(O)c(CCc2ccc(-c3ccccc3C#N)cc2)c(CCCC)n1. The minimum absolute atomic E-state index is 0.145. The Hall–Kier alpha value is -3.19. The van der Waals surface area contributed by atoms with E-state index in [2.05, 4.69) is 49.2 Å². The number of rotatable bonds is 10. The van der Waals surface area contributed by atoms with Crippen LogP contribution in [0.4, 0.5) is 0 Å². The Kier molecular flexibility index (Phi) is 8.18. The van der Waals surface area contributed by atoms with Gasteiger partial charge >= 0.3 is 0 Å². The summed E-state index contributed by atoms with van der Waals surface area (Å²) >= 11 is 0. The van der Waals surface area contributed by atoms with Gasteiger partial charge in [0.05, 0.1) is 17.3 Å². The third-order valence-corrected chi connectivity index (χ3v) is 5.61. The van der Waals surface area contributed by atoms with Crippen LogP contribution in [0, 0.1) is 11.3 Å². The van der Waals surface area contributed by atoms with E-state index < -0.39 is 0 Å². The van der Waals surface area contributed by atoms with E-state index in [0.29, 0.717) is 12.0 Å². The smallest absolute Gasteiger partial charge is 0.217 e. The van der Waals surface area contributed by atoms with E-state index in [4.69, 9.17) is 4.98 Å². The van der Waals surface area contributed by atoms with Crippen molar-refractivity contribution in [2.45, 2.75) is 65.2 Å². The van der Waals surface area contributed by atoms with Gasteiger partial charge in [-0.25, -0.2) is 4.98 Å². The topological polar surface area (TPSA) is 69.8 Å². The van der Waals surface area contributed by atoms with Gasteiger partial charge in [-0.1, -0.05) is 69.2 Å². The molecule has 0 spiro atoms. The molecule has 3 aromatic rings. The average molecular weight is 414 g/mol. The fourth-order valence-corrected chi connectivity index (χ4v) is 3.77. The molecule has 1 heterocycles. The third kappa shape index (κ3) is 5.92. The van der Waals surface area contributed by atoms with Gasteiger partial charge in [0.15, 0.2) is 0 Å². The number of aryl methyl sites for hydroxylation is 3. The quantitative estimate of drug-likeness (QED) is 0.430. The molecule has 2 aromatic carbocycles. The van der Waals surface area contributed by atoms with Crippen molar-refractivity contribution in [2.75, 3.05) is 0 Å². The van der Waals surface area contributed by atoms with Gasteiger partial charge in [0.25, 0.3) is 0 Å². The first-order valence-corrected chi connectivity index (χ1v) is 11.3. The normalized spacial score (nSPS) is 10.7. The molecule has 0 aliphatic rings. The highest BCUT2D eigenvalue weighted by atomic mass is 16.3. The molecule has 0 aliphatic heterocycles. The maximum absolute atomic E-state index is 10.6. The first-order valence-electron chi connectivity index (χ1n) is 11.3. The summed E-state index contributed by atoms with van der Waals surface area (Å²) in [5.41, 5.74) is 5.74. The van der Waals surface area contributed by atoms with E-state index >= 15 is 0 Å². The Labute approximate surface area is 185 Å². The standard InChI is InChI=1S/C27H31N3O/c1-3-5-11-25-24(27(31)30-26(29-25)12-6-4-2)18-15-20-13-16-21(17-14-20)23-10-8-7-9-22(23)19-28/h7-10,13-14,16-17H,3-6,11-12,15,18H2,1-2H3,(H,29,30,31). The predicted octanol–water partition coefficient (Wildman–Crippen LogP) is 6.19. The number of hydrogen-bond donors (Lipinski definition) is 1. The summed E-state index contributed by atoms with van der Waals surface area (Å²) in [5.74, 6) is 0.904. The Balaban J connectivity index is 1.76. The molecule has 0 bridgehead atoms. The fourth-order valence-electron chi connectivity index (χ4n) is 3.77. The summed E-state index contributed by atoms with van der Waals surface area (Å²) in [4.78, 5) is 9.17. The highest BCUT2D eigenvalue weighted by Gasteiger charge is 2.14. The van der Waals surface area contributed by atoms with Gasteiger partial charge in [0, 0.05) is 12.0 Å². The van der Waals surface area contributed by atoms with Gasteiger partial charge in [0.2, 0.25) is 5.88 Å². The van der Waals surface area contributed by atoms with Crippen LogP contribution in [-0.2, 0) is 25.7 Å². The molecular formula is C27H31N3O. The Morgan fingerprint density at radius 2 is 1.55 bits per heavy atom. The number of hydrogen-bond acceptors (Lipinski definition) is 4. The van der Waals surface area contributed by atoms with Gasteiger partial charge in [-0.05, 0) is 54.9 Å². The van der Waals surface area contributed by atoms with Crippen LogP contribution in [0.5, 0.6) is 5.88 Å². The molecule has 0 saturated carbocycles. The lowest BCUT2D eigenvalue weighted by Gasteiger charge is -2.13. The summed E-state index contributed by atoms with van der Waals surface area (Å²) < 4.78 is 0. The highest BCUT2D eigenvalue weighted by molar-refractivity contribution is 5.70. The fraction of sp³-hybridized carbons (Fsp3) is 0.370. The molecule has 160 valence electrons. The van der Waals surface area contributed by atoms with E-state index in [9.17, 15) is 10.4 Å². The van der Waals surface area contributed by atoms with Crippen molar-refractivity contribution >= 4 is 0 Å². The van der Waals surface area contributed by atoms with Gasteiger partial charge in [-0.15, -0.1) is 0 Å². The Morgan fingerprint density at radius 3 is 2.26 bits per heavy atom. The lowest BCUT2D eigenvalue weighted by Crippen LogP contribution is -2.07. The molecule has 3 rings (SSSR count). The number of nitrogens with zero attached hydrogens (tertiary/aromatic N) is 3. The number of aromatic hydroxyl groups is 1. The molecule has 0 fully saturated rings. The van der Waals surface area contributed by atoms with E-state index in [-0.39, 0.29) is 5.88 Å². The largest absolute Gasteiger partial charge is 0.493 e. The van der Waals surface area contributed by atoms with E-state index in [1.54, 1.807) is 0 Å². The lowest BCUT2D eigenvalue weighted by atomic mass is 9.97. The van der Waals surface area contributed by atoms with Gasteiger partial charge in [0.1, 0.15) is 5.82 Å². The van der Waals surface area contributed by atoms with Crippen molar-refractivity contribution in [3.05, 3.63) is 76.7 Å². The molecule has 1 aromatic heterocycles. The molecule has 0 radical (unpaired) electrons. The van der Waals surface area contributed by atoms with Crippen LogP contribution in [0.25, 0.3) is 11.1 Å². The molecule has 4 heteroatoms. The van der Waals surface area contributed by atoms with E-state index in [1.165, 1.54) is 5.56 Å². The zero-order valence-electron chi connectivity index (χ0n) is 18.6. The number of nitriles is 1. The molecule has 0 saturated heterocycles. The van der Waals surface area contributed by atoms with E-state index in [1.807, 2.05) is 24.3 Å². The van der Waals surface area contributed by atoms with Crippen molar-refractivity contribution in [1.29, 1.82) is 5.26 Å². The molecule has 0 atom stereocenters. The van der Waals surface area contributed by atoms with Crippen LogP contribution in [-0.4, -0.2) is 15.1 Å². The summed E-state index contributed by atoms with van der Waals surface area (Å²) in [6.45, 7) is 4.32. The van der Waals surface area contributed by atoms with Crippen molar-refractivity contribution in [3.8, 4) is 23.1 Å². The minimum atomic E-state index is 0.145. The van der Waals surface area contributed by atoms with E-state index in [0.717, 1.165) is 73.2 Å². The zero-order chi connectivity index (χ0) is 22.1. The van der Waals surface area contributed by atoms with Crippen LogP contribution < -0.4 is 0 Å². The molecule has 0 amide bonds. The molecule has 31 heavy (non-hydrogen) atoms. The predicted molar refractivity (Wildman–Crippen MR) is 125 cm³/mol. The summed E-state index contributed by atoms with van der Waals surface area (Å²) in [6, 6.07) is 18.2. The maximum Gasteiger partial charge on any atom is 0.217 e. The number of aromatic nitrogens is 2. The van der Waals surface area contributed by atoms with Crippen molar-refractivity contribution in [3.63, 3.8) is 0 Å². The average Bonchev–Trinajstić information content (AvgIpc) is 2.81. The number of unbranched alkanes of at least 4 members (excludes halogenated alkanes) is 2. The molecule has 0 unspecified atom stereocenters. The second kappa shape index (κ2) is 11.3. The Bertz CT molecular complexity index is 1040. The van der Waals surface area contributed by atoms with Crippen molar-refractivity contribution in [2.24, 2.45) is 0 Å². The first-order chi connectivity index (χ1) is 15.2. The first kappa shape index (κ1) is 22.5. The minimum Gasteiger partial charge on any atom is -0.493 e. The van der Waals surface area contributed by atoms with Gasteiger partial charge < -0.3 is 5.11 Å². The molecule has 4 nitrogen and oxygen atoms in total. The second-order valence-electron chi connectivity index (χ2n) is 7.95. The Morgan fingerprint density at radius 1 is 0.839 bits per heavy atom. The van der Waals surface area contributed by atoms with Gasteiger partial charge in [-0.3, -0.25) is 0 Å². The summed E-state index contributed by atoms with van der Waals surface area (Å²) in [6.07, 6.45) is 7.50. The summed E-state index contributed by atoms with van der Waals surface area (Å²) in [5, 5.41) is 20.0. The van der Waals surface area contributed by atoms with Crippen LogP contribution >= 0.6 is 0 Å². The molecular weight excluding hydrogens is 382 g/mol. The zero-order valence-corrected chi connectivity index (χ0v) is 18.6. The number of benzene rings is 2. The van der Waals surface area contributed by atoms with Gasteiger partial charge in [-0.2, -0.15) is 10.2 Å². The van der Waals surface area contributed by atoms with Crippen molar-refractivity contribution < 1.29 is 5.11 Å². The van der Waals surface area contributed by atoms with Crippen LogP contribution in [0.2, 0.25) is 0 Å².